The first-order valence-electron chi connectivity index (χ1n) is 4.86. The second-order valence-corrected chi connectivity index (χ2v) is 6.57. The summed E-state index contributed by atoms with van der Waals surface area (Å²) < 4.78 is 50.2. The van der Waals surface area contributed by atoms with Crippen LogP contribution in [0.2, 0.25) is 0 Å². The Kier molecular flexibility index (Phi) is 3.98. The van der Waals surface area contributed by atoms with E-state index in [4.69, 9.17) is 0 Å². The molecule has 2 nitrogen and oxygen atoms in total. The molecule has 0 spiro atoms. The maximum absolute atomic E-state index is 13.6. The Labute approximate surface area is 108 Å². The van der Waals surface area contributed by atoms with Crippen molar-refractivity contribution in [3.05, 3.63) is 28.8 Å². The van der Waals surface area contributed by atoms with Gasteiger partial charge in [0.25, 0.3) is 5.92 Å². The summed E-state index contributed by atoms with van der Waals surface area (Å²) in [4.78, 5) is -0.301. The van der Waals surface area contributed by atoms with Gasteiger partial charge in [0, 0.05) is 24.1 Å². The third-order valence-corrected chi connectivity index (χ3v) is 4.18. The third kappa shape index (κ3) is 3.04. The molecule has 1 aromatic carbocycles. The van der Waals surface area contributed by atoms with E-state index in [-0.39, 0.29) is 10.2 Å². The second-order valence-electron chi connectivity index (χ2n) is 4.03. The third-order valence-electron chi connectivity index (χ3n) is 2.48. The minimum Gasteiger partial charge on any atom is -0.224 e. The normalized spacial score (nSPS) is 12.8. The Morgan fingerprint density at radius 2 is 1.88 bits per heavy atom. The number of sulfone groups is 1. The summed E-state index contributed by atoms with van der Waals surface area (Å²) in [7, 11) is -3.67. The summed E-state index contributed by atoms with van der Waals surface area (Å²) in [6, 6.07) is 2.78. The maximum atomic E-state index is 13.6. The molecule has 0 amide bonds. The molecule has 0 unspecified atom stereocenters. The molecule has 0 radical (unpaired) electrons. The van der Waals surface area contributed by atoms with Crippen molar-refractivity contribution in [1.82, 2.24) is 0 Å². The molecule has 0 saturated heterocycles. The highest BCUT2D eigenvalue weighted by atomic mass is 79.9. The van der Waals surface area contributed by atoms with Crippen molar-refractivity contribution in [1.29, 1.82) is 0 Å². The average molecular weight is 327 g/mol. The Morgan fingerprint density at radius 1 is 1.35 bits per heavy atom. The van der Waals surface area contributed by atoms with Gasteiger partial charge in [-0.25, -0.2) is 17.2 Å². The van der Waals surface area contributed by atoms with E-state index in [2.05, 4.69) is 15.9 Å². The van der Waals surface area contributed by atoms with Crippen LogP contribution < -0.4 is 0 Å². The highest BCUT2D eigenvalue weighted by Gasteiger charge is 2.34. The van der Waals surface area contributed by atoms with Crippen LogP contribution in [0.25, 0.3) is 0 Å². The lowest BCUT2D eigenvalue weighted by Crippen LogP contribution is -2.17. The van der Waals surface area contributed by atoms with E-state index in [9.17, 15) is 17.2 Å². The minimum absolute atomic E-state index is 0.195. The molecule has 1 aromatic rings. The standard InChI is InChI=1S/C11H13BrF2O2S/c1-7-4-5-9(17(3,15)16)10(8(7)6-12)11(2,13)14/h4-5H,6H2,1-3H3. The molecule has 0 atom stereocenters. The van der Waals surface area contributed by atoms with E-state index >= 15 is 0 Å². The van der Waals surface area contributed by atoms with Crippen LogP contribution >= 0.6 is 15.9 Å². The first-order valence-corrected chi connectivity index (χ1v) is 7.87. The fourth-order valence-corrected chi connectivity index (χ4v) is 3.40. The van der Waals surface area contributed by atoms with Crippen LogP contribution in [0.3, 0.4) is 0 Å². The van der Waals surface area contributed by atoms with Crippen molar-refractivity contribution in [3.8, 4) is 0 Å². The van der Waals surface area contributed by atoms with Crippen LogP contribution in [0.1, 0.15) is 23.6 Å². The molecule has 0 aliphatic carbocycles. The molecular formula is C11H13BrF2O2S. The summed E-state index contributed by atoms with van der Waals surface area (Å²) in [5, 5.41) is 0.195. The molecular weight excluding hydrogens is 314 g/mol. The zero-order valence-electron chi connectivity index (χ0n) is 9.72. The van der Waals surface area contributed by atoms with E-state index in [1.807, 2.05) is 0 Å². The highest BCUT2D eigenvalue weighted by molar-refractivity contribution is 9.08. The molecule has 0 aliphatic heterocycles. The molecule has 0 N–H and O–H groups in total. The van der Waals surface area contributed by atoms with Crippen molar-refractivity contribution in [2.24, 2.45) is 0 Å². The first-order chi connectivity index (χ1) is 7.59. The molecule has 0 saturated carbocycles. The van der Waals surface area contributed by atoms with Gasteiger partial charge in [-0.2, -0.15) is 0 Å². The topological polar surface area (TPSA) is 34.1 Å². The Balaban J connectivity index is 3.77. The number of aryl methyl sites for hydroxylation is 1. The van der Waals surface area contributed by atoms with E-state index in [0.29, 0.717) is 18.1 Å². The lowest BCUT2D eigenvalue weighted by atomic mass is 9.99. The molecule has 6 heteroatoms. The second kappa shape index (κ2) is 4.65. The number of rotatable bonds is 3. The minimum atomic E-state index is -3.67. The Bertz CT molecular complexity index is 533. The van der Waals surface area contributed by atoms with Gasteiger partial charge in [-0.05, 0) is 24.1 Å². The predicted molar refractivity (Wildman–Crippen MR) is 66.5 cm³/mol. The van der Waals surface area contributed by atoms with E-state index in [1.165, 1.54) is 6.07 Å². The lowest BCUT2D eigenvalue weighted by Gasteiger charge is -2.20. The average Bonchev–Trinajstić information content (AvgIpc) is 2.13. The molecule has 1 rings (SSSR count). The van der Waals surface area contributed by atoms with Gasteiger partial charge in [-0.1, -0.05) is 22.0 Å². The number of halogens is 3. The van der Waals surface area contributed by atoms with Crippen LogP contribution in [-0.2, 0) is 21.1 Å². The van der Waals surface area contributed by atoms with Gasteiger partial charge in [-0.15, -0.1) is 0 Å². The molecule has 0 bridgehead atoms. The summed E-state index contributed by atoms with van der Waals surface area (Å²) in [5.74, 6) is -3.19. The molecule has 0 aliphatic rings. The van der Waals surface area contributed by atoms with Crippen molar-refractivity contribution < 1.29 is 17.2 Å². The van der Waals surface area contributed by atoms with Crippen LogP contribution in [-0.4, -0.2) is 14.7 Å². The molecule has 0 heterocycles. The van der Waals surface area contributed by atoms with Gasteiger partial charge in [-0.3, -0.25) is 0 Å². The Hall–Kier alpha value is -0.490. The van der Waals surface area contributed by atoms with Gasteiger partial charge >= 0.3 is 0 Å². The first kappa shape index (κ1) is 14.6. The monoisotopic (exact) mass is 326 g/mol. The zero-order valence-corrected chi connectivity index (χ0v) is 12.1. The van der Waals surface area contributed by atoms with Crippen molar-refractivity contribution in [2.75, 3.05) is 6.26 Å². The largest absolute Gasteiger partial charge is 0.272 e. The van der Waals surface area contributed by atoms with Crippen LogP contribution in [0, 0.1) is 6.92 Å². The number of hydrogen-bond acceptors (Lipinski definition) is 2. The van der Waals surface area contributed by atoms with Crippen molar-refractivity contribution in [2.45, 2.75) is 30.0 Å². The Morgan fingerprint density at radius 3 is 2.24 bits per heavy atom. The lowest BCUT2D eigenvalue weighted by molar-refractivity contribution is 0.0136. The van der Waals surface area contributed by atoms with Crippen molar-refractivity contribution >= 4 is 25.8 Å². The molecule has 0 fully saturated rings. The zero-order chi connectivity index (χ0) is 13.4. The fraction of sp³-hybridized carbons (Fsp3) is 0.455. The smallest absolute Gasteiger partial charge is 0.224 e. The van der Waals surface area contributed by atoms with Crippen molar-refractivity contribution in [3.63, 3.8) is 0 Å². The molecule has 96 valence electrons. The number of benzene rings is 1. The maximum Gasteiger partial charge on any atom is 0.272 e. The number of alkyl halides is 3. The SMILES string of the molecule is Cc1ccc(S(C)(=O)=O)c(C(C)(F)F)c1CBr. The van der Waals surface area contributed by atoms with E-state index in [0.717, 1.165) is 6.26 Å². The fourth-order valence-electron chi connectivity index (χ4n) is 1.69. The van der Waals surface area contributed by atoms with Gasteiger partial charge in [0.2, 0.25) is 0 Å². The van der Waals surface area contributed by atoms with Crippen LogP contribution in [0.4, 0.5) is 8.78 Å². The van der Waals surface area contributed by atoms with Gasteiger partial charge in [0.15, 0.2) is 9.84 Å². The van der Waals surface area contributed by atoms with E-state index in [1.54, 1.807) is 13.0 Å². The summed E-state index contributed by atoms with van der Waals surface area (Å²) in [5.41, 5.74) is 0.572. The summed E-state index contributed by atoms with van der Waals surface area (Å²) in [6.07, 6.45) is 0.935. The van der Waals surface area contributed by atoms with E-state index < -0.39 is 21.3 Å². The molecule has 0 aromatic heterocycles. The van der Waals surface area contributed by atoms with Gasteiger partial charge in [0.1, 0.15) is 0 Å². The summed E-state index contributed by atoms with van der Waals surface area (Å²) >= 11 is 3.12. The highest BCUT2D eigenvalue weighted by Crippen LogP contribution is 2.37. The summed E-state index contributed by atoms with van der Waals surface area (Å²) in [6.45, 7) is 2.39. The van der Waals surface area contributed by atoms with Crippen LogP contribution in [0.15, 0.2) is 17.0 Å². The van der Waals surface area contributed by atoms with Gasteiger partial charge in [0.05, 0.1) is 4.90 Å². The predicted octanol–water partition coefficient (Wildman–Crippen LogP) is 3.41. The van der Waals surface area contributed by atoms with Gasteiger partial charge < -0.3 is 0 Å². The molecule has 17 heavy (non-hydrogen) atoms. The van der Waals surface area contributed by atoms with Crippen LogP contribution in [0.5, 0.6) is 0 Å². The quantitative estimate of drug-likeness (QED) is 0.798. The number of hydrogen-bond donors (Lipinski definition) is 0.